The normalized spacial score (nSPS) is 11.9. The number of anilines is 1. The van der Waals surface area contributed by atoms with Crippen LogP contribution >= 0.6 is 11.3 Å². The minimum atomic E-state index is -1.08. The van der Waals surface area contributed by atoms with E-state index in [2.05, 4.69) is 15.6 Å². The van der Waals surface area contributed by atoms with Crippen molar-refractivity contribution in [2.75, 3.05) is 5.32 Å². The molecular formula is C8H11N3O3S. The molecule has 0 fully saturated rings. The van der Waals surface area contributed by atoms with Crippen LogP contribution in [0.4, 0.5) is 9.93 Å². The van der Waals surface area contributed by atoms with Gasteiger partial charge < -0.3 is 10.4 Å². The van der Waals surface area contributed by atoms with Crippen LogP contribution in [0.5, 0.6) is 0 Å². The maximum Gasteiger partial charge on any atom is 0.325 e. The smallest absolute Gasteiger partial charge is 0.325 e. The Morgan fingerprint density at radius 3 is 2.73 bits per heavy atom. The van der Waals surface area contributed by atoms with Gasteiger partial charge in [-0.3, -0.25) is 10.1 Å². The zero-order valence-corrected chi connectivity index (χ0v) is 9.09. The van der Waals surface area contributed by atoms with E-state index in [1.54, 1.807) is 12.3 Å². The molecule has 0 aromatic carbocycles. The van der Waals surface area contributed by atoms with Gasteiger partial charge in [-0.15, -0.1) is 11.3 Å². The average molecular weight is 229 g/mol. The van der Waals surface area contributed by atoms with Crippen LogP contribution in [-0.2, 0) is 4.79 Å². The number of aryl methyl sites for hydroxylation is 1. The lowest BCUT2D eigenvalue weighted by Gasteiger charge is -2.08. The quantitative estimate of drug-likeness (QED) is 0.722. The van der Waals surface area contributed by atoms with Crippen LogP contribution in [0.25, 0.3) is 0 Å². The van der Waals surface area contributed by atoms with Crippen molar-refractivity contribution < 1.29 is 14.7 Å². The lowest BCUT2D eigenvalue weighted by molar-refractivity contribution is -0.138. The highest BCUT2D eigenvalue weighted by Crippen LogP contribution is 2.13. The maximum atomic E-state index is 11.2. The van der Waals surface area contributed by atoms with Crippen molar-refractivity contribution in [1.29, 1.82) is 0 Å². The Bertz CT molecular complexity index is 377. The molecule has 7 heteroatoms. The van der Waals surface area contributed by atoms with Gasteiger partial charge in [-0.1, -0.05) is 0 Å². The summed E-state index contributed by atoms with van der Waals surface area (Å²) in [6.07, 6.45) is 0. The van der Waals surface area contributed by atoms with Crippen LogP contribution in [0.15, 0.2) is 5.38 Å². The molecule has 1 aromatic rings. The molecule has 0 saturated carbocycles. The fourth-order valence-corrected chi connectivity index (χ4v) is 1.49. The molecule has 0 aliphatic heterocycles. The lowest BCUT2D eigenvalue weighted by Crippen LogP contribution is -2.40. The van der Waals surface area contributed by atoms with Crippen LogP contribution in [-0.4, -0.2) is 28.1 Å². The predicted octanol–water partition coefficient (Wildman–Crippen LogP) is 1.05. The summed E-state index contributed by atoms with van der Waals surface area (Å²) >= 11 is 1.28. The van der Waals surface area contributed by atoms with Crippen LogP contribution in [0.2, 0.25) is 0 Å². The van der Waals surface area contributed by atoms with Crippen LogP contribution in [0, 0.1) is 6.92 Å². The first-order valence-corrected chi connectivity index (χ1v) is 5.09. The van der Waals surface area contributed by atoms with Crippen LogP contribution < -0.4 is 10.6 Å². The Labute approximate surface area is 90.3 Å². The van der Waals surface area contributed by atoms with E-state index in [4.69, 9.17) is 5.11 Å². The van der Waals surface area contributed by atoms with Gasteiger partial charge in [-0.2, -0.15) is 0 Å². The first-order valence-electron chi connectivity index (χ1n) is 4.21. The second kappa shape index (κ2) is 4.74. The summed E-state index contributed by atoms with van der Waals surface area (Å²) in [4.78, 5) is 25.7. The molecule has 3 N–H and O–H groups in total. The summed E-state index contributed by atoms with van der Waals surface area (Å²) < 4.78 is 0. The van der Waals surface area contributed by atoms with E-state index in [0.717, 1.165) is 5.69 Å². The van der Waals surface area contributed by atoms with Crippen molar-refractivity contribution in [2.24, 2.45) is 0 Å². The molecule has 0 aliphatic rings. The van der Waals surface area contributed by atoms with Crippen molar-refractivity contribution in [3.8, 4) is 0 Å². The van der Waals surface area contributed by atoms with Crippen LogP contribution in [0.1, 0.15) is 12.6 Å². The molecular weight excluding hydrogens is 218 g/mol. The zero-order valence-electron chi connectivity index (χ0n) is 8.27. The highest BCUT2D eigenvalue weighted by atomic mass is 32.1. The molecule has 1 atom stereocenters. The molecule has 82 valence electrons. The molecule has 1 aromatic heterocycles. The number of aliphatic carboxylic acids is 1. The number of nitrogens with one attached hydrogen (secondary N) is 2. The van der Waals surface area contributed by atoms with Crippen LogP contribution in [0.3, 0.4) is 0 Å². The fourth-order valence-electron chi connectivity index (χ4n) is 0.803. The van der Waals surface area contributed by atoms with E-state index in [1.807, 2.05) is 0 Å². The molecule has 1 rings (SSSR count). The first-order chi connectivity index (χ1) is 6.99. The number of thiazole rings is 1. The molecule has 0 unspecified atom stereocenters. The summed E-state index contributed by atoms with van der Waals surface area (Å²) in [5.41, 5.74) is 0.807. The van der Waals surface area contributed by atoms with Gasteiger partial charge in [0.2, 0.25) is 0 Å². The highest BCUT2D eigenvalue weighted by Gasteiger charge is 2.14. The van der Waals surface area contributed by atoms with Gasteiger partial charge in [-0.25, -0.2) is 9.78 Å². The van der Waals surface area contributed by atoms with E-state index < -0.39 is 18.0 Å². The molecule has 0 spiro atoms. The van der Waals surface area contributed by atoms with E-state index in [-0.39, 0.29) is 0 Å². The Morgan fingerprint density at radius 1 is 1.60 bits per heavy atom. The van der Waals surface area contributed by atoms with E-state index >= 15 is 0 Å². The largest absolute Gasteiger partial charge is 0.480 e. The molecule has 0 radical (unpaired) electrons. The van der Waals surface area contributed by atoms with Gasteiger partial charge in [-0.05, 0) is 13.8 Å². The van der Waals surface area contributed by atoms with Crippen molar-refractivity contribution in [1.82, 2.24) is 10.3 Å². The number of hydrogen-bond donors (Lipinski definition) is 3. The standard InChI is InChI=1S/C8H11N3O3S/c1-4-3-15-8(9-4)11-7(14)10-5(2)6(12)13/h3,5H,1-2H3,(H,12,13)(H2,9,10,11,14)/t5-/m0/s1. The topological polar surface area (TPSA) is 91.3 Å². The minimum Gasteiger partial charge on any atom is -0.480 e. The second-order valence-electron chi connectivity index (χ2n) is 2.95. The van der Waals surface area contributed by atoms with Crippen molar-refractivity contribution >= 4 is 28.5 Å². The van der Waals surface area contributed by atoms with Gasteiger partial charge in [0.25, 0.3) is 0 Å². The van der Waals surface area contributed by atoms with Gasteiger partial charge in [0.05, 0.1) is 5.69 Å². The Morgan fingerprint density at radius 2 is 2.27 bits per heavy atom. The van der Waals surface area contributed by atoms with Gasteiger partial charge in [0, 0.05) is 5.38 Å². The number of carbonyl (C=O) groups excluding carboxylic acids is 1. The number of rotatable bonds is 3. The first kappa shape index (κ1) is 11.4. The third kappa shape index (κ3) is 3.55. The van der Waals surface area contributed by atoms with E-state index in [0.29, 0.717) is 5.13 Å². The van der Waals surface area contributed by atoms with E-state index in [1.165, 1.54) is 18.3 Å². The second-order valence-corrected chi connectivity index (χ2v) is 3.81. The average Bonchev–Trinajstić information content (AvgIpc) is 2.50. The number of carboxylic acid groups (broad SMARTS) is 1. The number of nitrogens with zero attached hydrogens (tertiary/aromatic N) is 1. The number of carboxylic acids is 1. The van der Waals surface area contributed by atoms with Gasteiger partial charge in [0.15, 0.2) is 5.13 Å². The van der Waals surface area contributed by atoms with Crippen molar-refractivity contribution in [3.63, 3.8) is 0 Å². The number of urea groups is 1. The predicted molar refractivity (Wildman–Crippen MR) is 56.1 cm³/mol. The van der Waals surface area contributed by atoms with Gasteiger partial charge >= 0.3 is 12.0 Å². The number of carbonyl (C=O) groups is 2. The summed E-state index contributed by atoms with van der Waals surface area (Å²) in [6.45, 7) is 3.19. The van der Waals surface area contributed by atoms with Crippen molar-refractivity contribution in [3.05, 3.63) is 11.1 Å². The monoisotopic (exact) mass is 229 g/mol. The Hall–Kier alpha value is -1.63. The molecule has 2 amide bonds. The Balaban J connectivity index is 2.46. The maximum absolute atomic E-state index is 11.2. The zero-order chi connectivity index (χ0) is 11.4. The molecule has 0 bridgehead atoms. The third-order valence-electron chi connectivity index (χ3n) is 1.56. The molecule has 1 heterocycles. The van der Waals surface area contributed by atoms with Gasteiger partial charge in [0.1, 0.15) is 6.04 Å². The minimum absolute atomic E-state index is 0.447. The number of aromatic nitrogens is 1. The fraction of sp³-hybridized carbons (Fsp3) is 0.375. The lowest BCUT2D eigenvalue weighted by atomic mass is 10.3. The summed E-state index contributed by atoms with van der Waals surface area (Å²) in [7, 11) is 0. The summed E-state index contributed by atoms with van der Waals surface area (Å²) in [5.74, 6) is -1.08. The van der Waals surface area contributed by atoms with E-state index in [9.17, 15) is 9.59 Å². The Kier molecular flexibility index (Phi) is 3.62. The summed E-state index contributed by atoms with van der Waals surface area (Å²) in [6, 6.07) is -1.50. The molecule has 0 aliphatic carbocycles. The molecule has 15 heavy (non-hydrogen) atoms. The molecule has 0 saturated heterocycles. The third-order valence-corrected chi connectivity index (χ3v) is 2.43. The molecule has 6 nitrogen and oxygen atoms in total. The number of amides is 2. The SMILES string of the molecule is Cc1csc(NC(=O)N[C@@H](C)C(=O)O)n1. The number of hydrogen-bond acceptors (Lipinski definition) is 4. The van der Waals surface area contributed by atoms with Crippen molar-refractivity contribution in [2.45, 2.75) is 19.9 Å². The summed E-state index contributed by atoms with van der Waals surface area (Å²) in [5, 5.41) is 15.5. The highest BCUT2D eigenvalue weighted by molar-refractivity contribution is 7.13.